The summed E-state index contributed by atoms with van der Waals surface area (Å²) < 4.78 is 5.78. The summed E-state index contributed by atoms with van der Waals surface area (Å²) in [4.78, 5) is 27.5. The first kappa shape index (κ1) is 21.6. The number of piperazine rings is 1. The minimum atomic E-state index is -0.430. The summed E-state index contributed by atoms with van der Waals surface area (Å²) in [6, 6.07) is 21.6. The molecule has 4 rings (SSSR count). The molecule has 1 saturated heterocycles. The number of nitro groups is 1. The highest BCUT2D eigenvalue weighted by molar-refractivity contribution is 6.33. The van der Waals surface area contributed by atoms with Crippen LogP contribution in [0.25, 0.3) is 0 Å². The molecule has 1 aliphatic rings. The number of hydrogen-bond donors (Lipinski definition) is 0. The van der Waals surface area contributed by atoms with Gasteiger partial charge in [0.15, 0.2) is 0 Å². The fraction of sp³-hybridized carbons (Fsp3) is 0.208. The predicted octanol–water partition coefficient (Wildman–Crippen LogP) is 4.79. The van der Waals surface area contributed by atoms with Crippen LogP contribution in [0.5, 0.6) is 5.75 Å². The molecule has 32 heavy (non-hydrogen) atoms. The van der Waals surface area contributed by atoms with Gasteiger partial charge in [-0.05, 0) is 35.9 Å². The van der Waals surface area contributed by atoms with Crippen LogP contribution in [0.15, 0.2) is 72.8 Å². The summed E-state index contributed by atoms with van der Waals surface area (Å²) in [5.41, 5.74) is 2.04. The molecule has 0 aromatic heterocycles. The molecule has 1 amide bonds. The number of nitro benzene ring substituents is 1. The van der Waals surface area contributed by atoms with E-state index in [1.54, 1.807) is 41.3 Å². The minimum Gasteiger partial charge on any atom is -0.489 e. The van der Waals surface area contributed by atoms with Gasteiger partial charge in [-0.15, -0.1) is 0 Å². The molecule has 3 aromatic carbocycles. The molecular formula is C24H22ClN3O4. The van der Waals surface area contributed by atoms with Gasteiger partial charge in [-0.2, -0.15) is 0 Å². The molecule has 0 saturated carbocycles. The lowest BCUT2D eigenvalue weighted by atomic mass is 10.1. The number of nitrogens with zero attached hydrogens (tertiary/aromatic N) is 3. The Morgan fingerprint density at radius 3 is 2.28 bits per heavy atom. The van der Waals surface area contributed by atoms with Gasteiger partial charge in [0.05, 0.1) is 9.95 Å². The highest BCUT2D eigenvalue weighted by Crippen LogP contribution is 2.36. The Hall–Kier alpha value is -3.58. The Labute approximate surface area is 190 Å². The maximum Gasteiger partial charge on any atom is 0.294 e. The number of rotatable bonds is 6. The molecule has 0 N–H and O–H groups in total. The number of carbonyl (C=O) groups is 1. The lowest BCUT2D eigenvalue weighted by molar-refractivity contribution is -0.384. The number of halogens is 1. The first-order chi connectivity index (χ1) is 15.5. The Kier molecular flexibility index (Phi) is 6.56. The van der Waals surface area contributed by atoms with Crippen molar-refractivity contribution in [1.82, 2.24) is 4.90 Å². The molecule has 3 aromatic rings. The summed E-state index contributed by atoms with van der Waals surface area (Å²) >= 11 is 6.24. The van der Waals surface area contributed by atoms with Crippen LogP contribution < -0.4 is 9.64 Å². The monoisotopic (exact) mass is 451 g/mol. The van der Waals surface area contributed by atoms with Crippen molar-refractivity contribution in [2.24, 2.45) is 0 Å². The second-order valence-electron chi connectivity index (χ2n) is 7.44. The van der Waals surface area contributed by atoms with E-state index in [1.165, 1.54) is 6.07 Å². The van der Waals surface area contributed by atoms with Gasteiger partial charge in [-0.25, -0.2) is 0 Å². The van der Waals surface area contributed by atoms with Gasteiger partial charge in [0.2, 0.25) is 0 Å². The second-order valence-corrected chi connectivity index (χ2v) is 7.85. The number of anilines is 1. The van der Waals surface area contributed by atoms with Crippen molar-refractivity contribution in [3.05, 3.63) is 99.1 Å². The van der Waals surface area contributed by atoms with E-state index in [0.717, 1.165) is 5.56 Å². The van der Waals surface area contributed by atoms with E-state index < -0.39 is 4.92 Å². The number of amides is 1. The summed E-state index contributed by atoms with van der Waals surface area (Å²) in [6.45, 7) is 2.30. The summed E-state index contributed by atoms with van der Waals surface area (Å²) in [7, 11) is 0. The first-order valence-electron chi connectivity index (χ1n) is 10.3. The predicted molar refractivity (Wildman–Crippen MR) is 123 cm³/mol. The number of benzene rings is 3. The SMILES string of the molecule is O=C(c1ccc(OCc2ccccc2)cc1)N1CCN(c2c(Cl)cccc2[N+](=O)[O-])CC1. The largest absolute Gasteiger partial charge is 0.489 e. The van der Waals surface area contributed by atoms with Crippen molar-refractivity contribution < 1.29 is 14.5 Å². The molecule has 164 valence electrons. The number of para-hydroxylation sites is 1. The topological polar surface area (TPSA) is 75.9 Å². The summed E-state index contributed by atoms with van der Waals surface area (Å²) in [6.07, 6.45) is 0. The molecule has 0 bridgehead atoms. The molecule has 0 atom stereocenters. The van der Waals surface area contributed by atoms with Crippen molar-refractivity contribution in [1.29, 1.82) is 0 Å². The van der Waals surface area contributed by atoms with Gasteiger partial charge in [0.1, 0.15) is 18.0 Å². The molecule has 0 radical (unpaired) electrons. The smallest absolute Gasteiger partial charge is 0.294 e. The third kappa shape index (κ3) is 4.84. The van der Waals surface area contributed by atoms with E-state index in [0.29, 0.717) is 54.8 Å². The van der Waals surface area contributed by atoms with Crippen LogP contribution >= 0.6 is 11.6 Å². The molecule has 1 aliphatic heterocycles. The molecule has 7 nitrogen and oxygen atoms in total. The van der Waals surface area contributed by atoms with Crippen molar-refractivity contribution in [2.45, 2.75) is 6.61 Å². The van der Waals surface area contributed by atoms with Crippen LogP contribution in [0.2, 0.25) is 5.02 Å². The lowest BCUT2D eigenvalue weighted by Crippen LogP contribution is -2.49. The minimum absolute atomic E-state index is 0.0247. The van der Waals surface area contributed by atoms with Crippen LogP contribution in [-0.4, -0.2) is 41.9 Å². The number of carbonyl (C=O) groups excluding carboxylic acids is 1. The maximum absolute atomic E-state index is 12.9. The first-order valence-corrected chi connectivity index (χ1v) is 10.6. The third-order valence-electron chi connectivity index (χ3n) is 5.39. The highest BCUT2D eigenvalue weighted by atomic mass is 35.5. The average Bonchev–Trinajstić information content (AvgIpc) is 2.83. The standard InChI is InChI=1S/C24H22ClN3O4/c25-21-7-4-8-22(28(30)31)23(21)26-13-15-27(16-14-26)24(29)19-9-11-20(12-10-19)32-17-18-5-2-1-3-6-18/h1-12H,13-17H2. The zero-order valence-corrected chi connectivity index (χ0v) is 18.1. The van der Waals surface area contributed by atoms with Gasteiger partial charge in [-0.3, -0.25) is 14.9 Å². The fourth-order valence-electron chi connectivity index (χ4n) is 3.71. The zero-order chi connectivity index (χ0) is 22.5. The second kappa shape index (κ2) is 9.70. The molecule has 8 heteroatoms. The van der Waals surface area contributed by atoms with E-state index in [4.69, 9.17) is 16.3 Å². The van der Waals surface area contributed by atoms with Gasteiger partial charge in [0, 0.05) is 37.8 Å². The van der Waals surface area contributed by atoms with Crippen molar-refractivity contribution in [2.75, 3.05) is 31.1 Å². The van der Waals surface area contributed by atoms with E-state index in [1.807, 2.05) is 35.2 Å². The molecular weight excluding hydrogens is 430 g/mol. The molecule has 1 heterocycles. The Bertz CT molecular complexity index is 1100. The van der Waals surface area contributed by atoms with Crippen molar-refractivity contribution >= 4 is 28.9 Å². The van der Waals surface area contributed by atoms with Crippen molar-refractivity contribution in [3.8, 4) is 5.75 Å². The van der Waals surface area contributed by atoms with E-state index in [9.17, 15) is 14.9 Å². The average molecular weight is 452 g/mol. The normalized spacial score (nSPS) is 13.7. The fourth-order valence-corrected chi connectivity index (χ4v) is 4.00. The molecule has 1 fully saturated rings. The van der Waals surface area contributed by atoms with Gasteiger partial charge in [0.25, 0.3) is 11.6 Å². The summed E-state index contributed by atoms with van der Waals surface area (Å²) in [5.74, 6) is 0.620. The van der Waals surface area contributed by atoms with Crippen molar-refractivity contribution in [3.63, 3.8) is 0 Å². The lowest BCUT2D eigenvalue weighted by Gasteiger charge is -2.36. The van der Waals surface area contributed by atoms with Crippen LogP contribution in [-0.2, 0) is 6.61 Å². The zero-order valence-electron chi connectivity index (χ0n) is 17.3. The van der Waals surface area contributed by atoms with E-state index in [2.05, 4.69) is 0 Å². The molecule has 0 spiro atoms. The molecule has 0 unspecified atom stereocenters. The van der Waals surface area contributed by atoms with Crippen LogP contribution in [0, 0.1) is 10.1 Å². The van der Waals surface area contributed by atoms with Gasteiger partial charge >= 0.3 is 0 Å². The molecule has 0 aliphatic carbocycles. The highest BCUT2D eigenvalue weighted by Gasteiger charge is 2.28. The maximum atomic E-state index is 12.9. The Morgan fingerprint density at radius 1 is 0.938 bits per heavy atom. The number of ether oxygens (including phenoxy) is 1. The van der Waals surface area contributed by atoms with Crippen LogP contribution in [0.4, 0.5) is 11.4 Å². The number of hydrogen-bond acceptors (Lipinski definition) is 5. The van der Waals surface area contributed by atoms with Gasteiger partial charge in [-0.1, -0.05) is 48.0 Å². The Morgan fingerprint density at radius 2 is 1.62 bits per heavy atom. The van der Waals surface area contributed by atoms with Gasteiger partial charge < -0.3 is 14.5 Å². The van der Waals surface area contributed by atoms with E-state index in [-0.39, 0.29) is 11.6 Å². The summed E-state index contributed by atoms with van der Waals surface area (Å²) in [5, 5.41) is 11.7. The third-order valence-corrected chi connectivity index (χ3v) is 5.70. The van der Waals surface area contributed by atoms with Crippen LogP contribution in [0.1, 0.15) is 15.9 Å². The quantitative estimate of drug-likeness (QED) is 0.398. The van der Waals surface area contributed by atoms with Crippen LogP contribution in [0.3, 0.4) is 0 Å². The Balaban J connectivity index is 1.36. The van der Waals surface area contributed by atoms with E-state index >= 15 is 0 Å².